The fourth-order valence-electron chi connectivity index (χ4n) is 1.90. The summed E-state index contributed by atoms with van der Waals surface area (Å²) in [6.45, 7) is 3.76. The van der Waals surface area contributed by atoms with E-state index in [1.807, 2.05) is 6.92 Å². The number of carbonyl (C=O) groups excluding carboxylic acids is 4. The molecule has 1 aliphatic rings. The molecule has 1 heterocycles. The monoisotopic (exact) mass is 285 g/mol. The van der Waals surface area contributed by atoms with Gasteiger partial charge in [0.15, 0.2) is 0 Å². The lowest BCUT2D eigenvalue weighted by Gasteiger charge is -2.18. The second-order valence-corrected chi connectivity index (χ2v) is 4.49. The van der Waals surface area contributed by atoms with Crippen LogP contribution in [0.3, 0.4) is 0 Å². The Kier molecular flexibility index (Phi) is 6.14. The summed E-state index contributed by atoms with van der Waals surface area (Å²) in [4.78, 5) is 50.9. The summed E-state index contributed by atoms with van der Waals surface area (Å²) >= 11 is 0. The molecule has 1 unspecified atom stereocenters. The smallest absolute Gasteiger partial charge is 0.336 e. The average molecular weight is 285 g/mol. The lowest BCUT2D eigenvalue weighted by atomic mass is 10.0. The molecule has 0 spiro atoms. The highest BCUT2D eigenvalue weighted by Crippen LogP contribution is 2.18. The zero-order valence-electron chi connectivity index (χ0n) is 11.7. The van der Waals surface area contributed by atoms with E-state index >= 15 is 0 Å². The van der Waals surface area contributed by atoms with Gasteiger partial charge in [-0.05, 0) is 13.3 Å². The van der Waals surface area contributed by atoms with Crippen LogP contribution in [0.2, 0.25) is 0 Å². The van der Waals surface area contributed by atoms with E-state index in [0.717, 1.165) is 0 Å². The van der Waals surface area contributed by atoms with Crippen molar-refractivity contribution >= 4 is 23.8 Å². The summed E-state index contributed by atoms with van der Waals surface area (Å²) in [6, 6.07) is 0. The zero-order chi connectivity index (χ0) is 15.1. The minimum atomic E-state index is -0.747. The van der Waals surface area contributed by atoms with E-state index in [1.165, 1.54) is 0 Å². The topological polar surface area (TPSA) is 90.0 Å². The van der Waals surface area contributed by atoms with Crippen molar-refractivity contribution in [2.24, 2.45) is 5.92 Å². The van der Waals surface area contributed by atoms with Crippen LogP contribution in [0.4, 0.5) is 0 Å². The molecule has 0 aromatic heterocycles. The molecule has 1 aliphatic heterocycles. The molecule has 0 aromatic carbocycles. The Bertz CT molecular complexity index is 390. The molecule has 112 valence electrons. The summed E-state index contributed by atoms with van der Waals surface area (Å²) in [5.74, 6) is -3.02. The number of carbonyl (C=O) groups is 4. The van der Waals surface area contributed by atoms with Crippen molar-refractivity contribution in [1.29, 1.82) is 0 Å². The number of rotatable bonds is 7. The molecule has 2 amide bonds. The van der Waals surface area contributed by atoms with Gasteiger partial charge in [0.05, 0.1) is 18.9 Å². The first-order valence-electron chi connectivity index (χ1n) is 6.72. The molecule has 0 radical (unpaired) electrons. The highest BCUT2D eigenvalue weighted by atomic mass is 16.7. The molecule has 1 fully saturated rings. The van der Waals surface area contributed by atoms with Crippen molar-refractivity contribution < 1.29 is 28.8 Å². The summed E-state index contributed by atoms with van der Waals surface area (Å²) < 4.78 is 4.79. The normalized spacial score (nSPS) is 16.2. The van der Waals surface area contributed by atoms with Crippen molar-refractivity contribution in [3.05, 3.63) is 0 Å². The van der Waals surface area contributed by atoms with Crippen molar-refractivity contribution in [3.8, 4) is 0 Å². The number of imide groups is 1. The van der Waals surface area contributed by atoms with Crippen molar-refractivity contribution in [3.63, 3.8) is 0 Å². The third-order valence-corrected chi connectivity index (χ3v) is 2.88. The van der Waals surface area contributed by atoms with Gasteiger partial charge < -0.3 is 9.57 Å². The van der Waals surface area contributed by atoms with Crippen molar-refractivity contribution in [1.82, 2.24) is 5.06 Å². The van der Waals surface area contributed by atoms with E-state index in [1.54, 1.807) is 6.92 Å². The lowest BCUT2D eigenvalue weighted by molar-refractivity contribution is -0.201. The van der Waals surface area contributed by atoms with Crippen LogP contribution in [0, 0.1) is 5.92 Å². The van der Waals surface area contributed by atoms with E-state index in [2.05, 4.69) is 0 Å². The SMILES string of the molecule is CCCC(CC(=O)OCC)C(=O)ON1C(=O)CCC1=O. The van der Waals surface area contributed by atoms with E-state index < -0.39 is 29.7 Å². The van der Waals surface area contributed by atoms with Gasteiger partial charge in [0.2, 0.25) is 0 Å². The van der Waals surface area contributed by atoms with Crippen LogP contribution in [-0.4, -0.2) is 35.4 Å². The molecule has 0 bridgehead atoms. The molecule has 7 heteroatoms. The standard InChI is InChI=1S/C13H19NO6/c1-3-5-9(8-12(17)19-4-2)13(18)20-14-10(15)6-7-11(14)16/h9H,3-8H2,1-2H3. The molecular formula is C13H19NO6. The second-order valence-electron chi connectivity index (χ2n) is 4.49. The first-order valence-corrected chi connectivity index (χ1v) is 6.72. The third kappa shape index (κ3) is 4.32. The van der Waals surface area contributed by atoms with Crippen LogP contribution >= 0.6 is 0 Å². The molecular weight excluding hydrogens is 266 g/mol. The predicted molar refractivity (Wildman–Crippen MR) is 66.8 cm³/mol. The molecule has 0 aliphatic carbocycles. The van der Waals surface area contributed by atoms with Crippen LogP contribution in [0.25, 0.3) is 0 Å². The second kappa shape index (κ2) is 7.62. The van der Waals surface area contributed by atoms with Gasteiger partial charge in [-0.3, -0.25) is 14.4 Å². The minimum absolute atomic E-state index is 0.0441. The van der Waals surface area contributed by atoms with E-state index in [-0.39, 0.29) is 25.9 Å². The van der Waals surface area contributed by atoms with Gasteiger partial charge in [-0.2, -0.15) is 0 Å². The van der Waals surface area contributed by atoms with Gasteiger partial charge in [0, 0.05) is 12.8 Å². The molecule has 1 rings (SSSR count). The number of nitrogens with zero attached hydrogens (tertiary/aromatic N) is 1. The molecule has 0 saturated carbocycles. The number of hydroxylamine groups is 2. The highest BCUT2D eigenvalue weighted by molar-refractivity contribution is 6.01. The summed E-state index contributed by atoms with van der Waals surface area (Å²) in [5, 5.41) is 0.496. The molecule has 0 N–H and O–H groups in total. The quantitative estimate of drug-likeness (QED) is 0.511. The van der Waals surface area contributed by atoms with Gasteiger partial charge in [-0.15, -0.1) is 5.06 Å². The Morgan fingerprint density at radius 1 is 1.20 bits per heavy atom. The van der Waals surface area contributed by atoms with Gasteiger partial charge in [0.25, 0.3) is 11.8 Å². The lowest BCUT2D eigenvalue weighted by Crippen LogP contribution is -2.35. The van der Waals surface area contributed by atoms with Crippen molar-refractivity contribution in [2.45, 2.75) is 46.0 Å². The maximum atomic E-state index is 11.9. The van der Waals surface area contributed by atoms with Crippen LogP contribution in [-0.2, 0) is 28.8 Å². The number of esters is 1. The largest absolute Gasteiger partial charge is 0.466 e. The van der Waals surface area contributed by atoms with Crippen LogP contribution in [0.5, 0.6) is 0 Å². The zero-order valence-corrected chi connectivity index (χ0v) is 11.7. The predicted octanol–water partition coefficient (Wildman–Crippen LogP) is 0.963. The molecule has 1 saturated heterocycles. The fraction of sp³-hybridized carbons (Fsp3) is 0.692. The number of hydrogen-bond donors (Lipinski definition) is 0. The molecule has 0 aromatic rings. The van der Waals surface area contributed by atoms with Gasteiger partial charge in [-0.25, -0.2) is 4.79 Å². The third-order valence-electron chi connectivity index (χ3n) is 2.88. The average Bonchev–Trinajstić information content (AvgIpc) is 2.70. The number of hydrogen-bond acceptors (Lipinski definition) is 6. The Morgan fingerprint density at radius 3 is 2.30 bits per heavy atom. The Morgan fingerprint density at radius 2 is 1.80 bits per heavy atom. The maximum Gasteiger partial charge on any atom is 0.336 e. The van der Waals surface area contributed by atoms with Crippen LogP contribution in [0.15, 0.2) is 0 Å². The molecule has 1 atom stereocenters. The molecule has 7 nitrogen and oxygen atoms in total. The molecule has 20 heavy (non-hydrogen) atoms. The van der Waals surface area contributed by atoms with Gasteiger partial charge >= 0.3 is 11.9 Å². The van der Waals surface area contributed by atoms with Gasteiger partial charge in [-0.1, -0.05) is 13.3 Å². The summed E-state index contributed by atoms with van der Waals surface area (Å²) in [7, 11) is 0. The Balaban J connectivity index is 2.61. The first kappa shape index (κ1) is 16.1. The minimum Gasteiger partial charge on any atom is -0.466 e. The van der Waals surface area contributed by atoms with E-state index in [9.17, 15) is 19.2 Å². The van der Waals surface area contributed by atoms with E-state index in [4.69, 9.17) is 9.57 Å². The van der Waals surface area contributed by atoms with Gasteiger partial charge in [0.1, 0.15) is 0 Å². The maximum absolute atomic E-state index is 11.9. The van der Waals surface area contributed by atoms with Crippen molar-refractivity contribution in [2.75, 3.05) is 6.61 Å². The van der Waals surface area contributed by atoms with Crippen LogP contribution in [0.1, 0.15) is 46.0 Å². The highest BCUT2D eigenvalue weighted by Gasteiger charge is 2.35. The Hall–Kier alpha value is -1.92. The van der Waals surface area contributed by atoms with Crippen LogP contribution < -0.4 is 0 Å². The summed E-state index contributed by atoms with van der Waals surface area (Å²) in [6.07, 6.45) is 1.07. The van der Waals surface area contributed by atoms with E-state index in [0.29, 0.717) is 17.9 Å². The number of amides is 2. The first-order chi connectivity index (χ1) is 9.49. The fourth-order valence-corrected chi connectivity index (χ4v) is 1.90. The summed E-state index contributed by atoms with van der Waals surface area (Å²) in [5.41, 5.74) is 0. The Labute approximate surface area is 117 Å². The number of ether oxygens (including phenoxy) is 1.